The lowest BCUT2D eigenvalue weighted by Gasteiger charge is -2.50. The molecule has 2 aromatic carbocycles. The van der Waals surface area contributed by atoms with Crippen molar-refractivity contribution in [3.8, 4) is 0 Å². The molecule has 2 aromatic rings. The Morgan fingerprint density at radius 3 is 2.74 bits per heavy atom. The Morgan fingerprint density at radius 1 is 1.19 bits per heavy atom. The van der Waals surface area contributed by atoms with Gasteiger partial charge in [-0.05, 0) is 59.2 Å². The van der Waals surface area contributed by atoms with Crippen molar-refractivity contribution in [2.45, 2.75) is 23.8 Å². The molecule has 0 bridgehead atoms. The fourth-order valence-electron chi connectivity index (χ4n) is 5.27. The first-order chi connectivity index (χ1) is 14.8. The molecule has 3 aliphatic rings. The number of benzene rings is 2. The van der Waals surface area contributed by atoms with Gasteiger partial charge >= 0.3 is 0 Å². The van der Waals surface area contributed by atoms with E-state index in [1.807, 2.05) is 24.5 Å². The first-order valence-corrected chi connectivity index (χ1v) is 11.8. The summed E-state index contributed by atoms with van der Waals surface area (Å²) in [6.07, 6.45) is 2.02. The predicted octanol–water partition coefficient (Wildman–Crippen LogP) is 4.95. The Hall–Kier alpha value is -2.02. The molecule has 4 nitrogen and oxygen atoms in total. The van der Waals surface area contributed by atoms with Gasteiger partial charge in [0.25, 0.3) is 0 Å². The number of alkyl halides is 1. The molecule has 3 aliphatic heterocycles. The molecular formula is C23H19Cl2FN2O2S. The van der Waals surface area contributed by atoms with E-state index in [1.165, 1.54) is 12.1 Å². The number of fused-ring (bicyclic) bond motifs is 2. The molecule has 0 aromatic heterocycles. The van der Waals surface area contributed by atoms with Crippen molar-refractivity contribution < 1.29 is 14.0 Å². The number of anilines is 1. The molecule has 5 atom stereocenters. The van der Waals surface area contributed by atoms with Gasteiger partial charge in [-0.25, -0.2) is 4.39 Å². The largest absolute Gasteiger partial charge is 0.347 e. The molecule has 1 saturated heterocycles. The van der Waals surface area contributed by atoms with Crippen molar-refractivity contribution >= 4 is 52.5 Å². The zero-order chi connectivity index (χ0) is 21.9. The summed E-state index contributed by atoms with van der Waals surface area (Å²) in [5.41, 5.74) is 1.45. The van der Waals surface area contributed by atoms with Gasteiger partial charge in [-0.1, -0.05) is 29.8 Å². The number of piperidine rings is 1. The third kappa shape index (κ3) is 3.03. The fraction of sp³-hybridized carbons (Fsp3) is 0.304. The van der Waals surface area contributed by atoms with Gasteiger partial charge < -0.3 is 10.6 Å². The van der Waals surface area contributed by atoms with Crippen molar-refractivity contribution in [1.82, 2.24) is 5.32 Å². The van der Waals surface area contributed by atoms with Crippen molar-refractivity contribution in [1.29, 1.82) is 0 Å². The average Bonchev–Trinajstić information content (AvgIpc) is 3.34. The second-order valence-corrected chi connectivity index (χ2v) is 10.1. The highest BCUT2D eigenvalue weighted by atomic mass is 35.5. The van der Waals surface area contributed by atoms with Crippen molar-refractivity contribution in [2.24, 2.45) is 11.8 Å². The summed E-state index contributed by atoms with van der Waals surface area (Å²) in [4.78, 5) is 26.9. The monoisotopic (exact) mass is 476 g/mol. The van der Waals surface area contributed by atoms with E-state index in [0.717, 1.165) is 11.1 Å². The molecular weight excluding hydrogens is 458 g/mol. The number of hydrogen-bond acceptors (Lipinski definition) is 3. The molecule has 0 aliphatic carbocycles. The minimum Gasteiger partial charge on any atom is -0.347 e. The van der Waals surface area contributed by atoms with Crippen LogP contribution in [0.4, 0.5) is 10.1 Å². The highest BCUT2D eigenvalue weighted by Gasteiger charge is 2.65. The van der Waals surface area contributed by atoms with Crippen LogP contribution in [0.25, 0.3) is 0 Å². The first kappa shape index (κ1) is 20.9. The summed E-state index contributed by atoms with van der Waals surface area (Å²) in [5, 5.41) is 7.47. The van der Waals surface area contributed by atoms with E-state index in [2.05, 4.69) is 10.6 Å². The standard InChI is InChI=1S/C23H19Cl2FN2O2S/c1-11-2-4-14(26)9-15(11)20-23(16-5-3-13(24)8-17(16)27-22(23)30)18(12-6-7-31-10-12)19(25)21(29)28-20/h2-9,12,18-20H,10H2,1H3,(H,27,30)(H,28,29)/t12?,18-,19+,20+,23+/m1/s1. The lowest BCUT2D eigenvalue weighted by atomic mass is 9.57. The maximum absolute atomic E-state index is 14.3. The van der Waals surface area contributed by atoms with Gasteiger partial charge in [0, 0.05) is 22.4 Å². The highest BCUT2D eigenvalue weighted by molar-refractivity contribution is 8.02. The molecule has 1 unspecified atom stereocenters. The van der Waals surface area contributed by atoms with Gasteiger partial charge in [-0.15, -0.1) is 23.4 Å². The summed E-state index contributed by atoms with van der Waals surface area (Å²) >= 11 is 14.6. The van der Waals surface area contributed by atoms with Gasteiger partial charge in [-0.2, -0.15) is 0 Å². The van der Waals surface area contributed by atoms with Gasteiger partial charge in [0.05, 0.1) is 6.04 Å². The molecule has 0 saturated carbocycles. The Labute approximate surface area is 193 Å². The first-order valence-electron chi connectivity index (χ1n) is 9.94. The quantitative estimate of drug-likeness (QED) is 0.602. The van der Waals surface area contributed by atoms with Crippen molar-refractivity contribution in [3.05, 3.63) is 75.4 Å². The van der Waals surface area contributed by atoms with Gasteiger partial charge in [0.1, 0.15) is 16.6 Å². The van der Waals surface area contributed by atoms with E-state index in [0.29, 0.717) is 22.0 Å². The van der Waals surface area contributed by atoms with Gasteiger partial charge in [0.2, 0.25) is 11.8 Å². The number of thioether (sulfide) groups is 1. The molecule has 31 heavy (non-hydrogen) atoms. The number of nitrogens with one attached hydrogen (secondary N) is 2. The van der Waals surface area contributed by atoms with Crippen LogP contribution in [0.1, 0.15) is 22.7 Å². The van der Waals surface area contributed by atoms with E-state index in [4.69, 9.17) is 23.2 Å². The van der Waals surface area contributed by atoms with Crippen LogP contribution in [0.5, 0.6) is 0 Å². The van der Waals surface area contributed by atoms with Gasteiger partial charge in [0.15, 0.2) is 0 Å². The fourth-order valence-corrected chi connectivity index (χ4v) is 6.86. The third-order valence-corrected chi connectivity index (χ3v) is 8.24. The van der Waals surface area contributed by atoms with Crippen LogP contribution in [-0.4, -0.2) is 22.9 Å². The van der Waals surface area contributed by atoms with Crippen LogP contribution in [0.15, 0.2) is 47.9 Å². The van der Waals surface area contributed by atoms with E-state index in [-0.39, 0.29) is 17.7 Å². The summed E-state index contributed by atoms with van der Waals surface area (Å²) in [6, 6.07) is 8.90. The molecule has 160 valence electrons. The number of amides is 2. The summed E-state index contributed by atoms with van der Waals surface area (Å²) in [5.74, 6) is -0.952. The lowest BCUT2D eigenvalue weighted by molar-refractivity contribution is -0.134. The van der Waals surface area contributed by atoms with Crippen LogP contribution in [-0.2, 0) is 15.0 Å². The molecule has 1 spiro atoms. The van der Waals surface area contributed by atoms with Crippen LogP contribution < -0.4 is 10.6 Å². The second-order valence-electron chi connectivity index (χ2n) is 8.21. The molecule has 5 rings (SSSR count). The third-order valence-electron chi connectivity index (χ3n) is 6.61. The molecule has 2 N–H and O–H groups in total. The topological polar surface area (TPSA) is 58.2 Å². The van der Waals surface area contributed by atoms with Crippen LogP contribution >= 0.6 is 35.0 Å². The molecule has 8 heteroatoms. The maximum atomic E-state index is 14.3. The number of halogens is 3. The number of aryl methyl sites for hydroxylation is 1. The summed E-state index contributed by atoms with van der Waals surface area (Å²) in [7, 11) is 0. The lowest BCUT2D eigenvalue weighted by Crippen LogP contribution is -2.64. The predicted molar refractivity (Wildman–Crippen MR) is 122 cm³/mol. The normalized spacial score (nSPS) is 31.6. The van der Waals surface area contributed by atoms with Crippen LogP contribution in [0, 0.1) is 24.6 Å². The Morgan fingerprint density at radius 2 is 2.00 bits per heavy atom. The number of carbonyl (C=O) groups is 2. The van der Waals surface area contributed by atoms with Gasteiger partial charge in [-0.3, -0.25) is 9.59 Å². The number of hydrogen-bond donors (Lipinski definition) is 2. The Balaban J connectivity index is 1.82. The van der Waals surface area contributed by atoms with Crippen LogP contribution in [0.3, 0.4) is 0 Å². The average molecular weight is 477 g/mol. The van der Waals surface area contributed by atoms with Crippen molar-refractivity contribution in [2.75, 3.05) is 11.1 Å². The van der Waals surface area contributed by atoms with E-state index in [9.17, 15) is 14.0 Å². The molecule has 0 radical (unpaired) electrons. The molecule has 3 heterocycles. The Bertz CT molecular complexity index is 1140. The minimum atomic E-state index is -1.21. The van der Waals surface area contributed by atoms with Crippen molar-refractivity contribution in [3.63, 3.8) is 0 Å². The van der Waals surface area contributed by atoms with E-state index in [1.54, 1.807) is 30.0 Å². The van der Waals surface area contributed by atoms with E-state index < -0.39 is 28.6 Å². The Kier molecular flexibility index (Phi) is 5.07. The smallest absolute Gasteiger partial charge is 0.238 e. The SMILES string of the molecule is Cc1ccc(F)cc1[C@@H]1NC(=O)[C@@H](Cl)[C@@H](C2C=CSC2)[C@]12C(=O)Nc1cc(Cl)ccc12. The zero-order valence-electron chi connectivity index (χ0n) is 16.5. The number of allylic oxidation sites excluding steroid dienone is 1. The maximum Gasteiger partial charge on any atom is 0.238 e. The zero-order valence-corrected chi connectivity index (χ0v) is 18.8. The summed E-state index contributed by atoms with van der Waals surface area (Å²) < 4.78 is 14.3. The molecule has 1 fully saturated rings. The van der Waals surface area contributed by atoms with E-state index >= 15 is 0 Å². The highest BCUT2D eigenvalue weighted by Crippen LogP contribution is 2.58. The second kappa shape index (κ2) is 7.54. The molecule has 2 amide bonds. The minimum absolute atomic E-state index is 0.0951. The number of carbonyl (C=O) groups excluding carboxylic acids is 2. The van der Waals surface area contributed by atoms with Crippen LogP contribution in [0.2, 0.25) is 5.02 Å². The number of rotatable bonds is 2. The summed E-state index contributed by atoms with van der Waals surface area (Å²) in [6.45, 7) is 1.84.